The van der Waals surface area contributed by atoms with E-state index < -0.39 is 0 Å². The lowest BCUT2D eigenvalue weighted by Gasteiger charge is -2.12. The van der Waals surface area contributed by atoms with Crippen LogP contribution in [-0.4, -0.2) is 13.1 Å². The number of methoxy groups -OCH3 is 1. The molecule has 0 radical (unpaired) electrons. The zero-order valence-corrected chi connectivity index (χ0v) is 9.53. The minimum absolute atomic E-state index is 0.388. The van der Waals surface area contributed by atoms with Crippen LogP contribution in [-0.2, 0) is 11.2 Å². The van der Waals surface area contributed by atoms with Gasteiger partial charge < -0.3 is 9.47 Å². The monoisotopic (exact) mass is 219 g/mol. The van der Waals surface area contributed by atoms with Crippen LogP contribution in [0.4, 0.5) is 0 Å². The van der Waals surface area contributed by atoms with Gasteiger partial charge in [0.1, 0.15) is 17.6 Å². The van der Waals surface area contributed by atoms with E-state index in [0.29, 0.717) is 23.5 Å². The number of hydrogen-bond acceptors (Lipinski definition) is 4. The second-order valence-electron chi connectivity index (χ2n) is 3.18. The third kappa shape index (κ3) is 2.31. The maximum atomic E-state index is 10.9. The second-order valence-corrected chi connectivity index (χ2v) is 3.18. The largest absolute Gasteiger partial charge is 0.495 e. The standard InChI is InChI=1S/C12H13NO3/c1-4-10-11(16-8(2)14)6-5-9(7-13)12(10)15-3/h5-6H,4H2,1-3H3. The summed E-state index contributed by atoms with van der Waals surface area (Å²) >= 11 is 0. The Labute approximate surface area is 94.4 Å². The van der Waals surface area contributed by atoms with Gasteiger partial charge in [-0.15, -0.1) is 0 Å². The van der Waals surface area contributed by atoms with Gasteiger partial charge in [0.15, 0.2) is 0 Å². The predicted molar refractivity (Wildman–Crippen MR) is 58.4 cm³/mol. The summed E-state index contributed by atoms with van der Waals surface area (Å²) in [6.07, 6.45) is 0.626. The first-order valence-electron chi connectivity index (χ1n) is 4.92. The van der Waals surface area contributed by atoms with E-state index in [1.54, 1.807) is 12.1 Å². The Morgan fingerprint density at radius 2 is 2.19 bits per heavy atom. The number of ether oxygens (including phenoxy) is 2. The number of nitriles is 1. The van der Waals surface area contributed by atoms with Crippen LogP contribution in [0.2, 0.25) is 0 Å². The summed E-state index contributed by atoms with van der Waals surface area (Å²) in [4.78, 5) is 10.9. The summed E-state index contributed by atoms with van der Waals surface area (Å²) in [5, 5.41) is 8.90. The lowest BCUT2D eigenvalue weighted by Crippen LogP contribution is -2.05. The van der Waals surface area contributed by atoms with Crippen LogP contribution < -0.4 is 9.47 Å². The van der Waals surface area contributed by atoms with Gasteiger partial charge in [-0.1, -0.05) is 6.92 Å². The molecule has 84 valence electrons. The molecule has 16 heavy (non-hydrogen) atoms. The fraction of sp³-hybridized carbons (Fsp3) is 0.333. The van der Waals surface area contributed by atoms with Gasteiger partial charge in [-0.05, 0) is 18.6 Å². The third-order valence-corrected chi connectivity index (χ3v) is 2.15. The molecule has 0 heterocycles. The van der Waals surface area contributed by atoms with Gasteiger partial charge in [-0.2, -0.15) is 5.26 Å². The zero-order chi connectivity index (χ0) is 12.1. The van der Waals surface area contributed by atoms with Crippen molar-refractivity contribution in [3.8, 4) is 17.6 Å². The van der Waals surface area contributed by atoms with Gasteiger partial charge in [-0.3, -0.25) is 4.79 Å². The molecule has 0 unspecified atom stereocenters. The van der Waals surface area contributed by atoms with Crippen molar-refractivity contribution in [2.24, 2.45) is 0 Å². The Morgan fingerprint density at radius 3 is 2.62 bits per heavy atom. The summed E-state index contributed by atoms with van der Waals surface area (Å²) in [7, 11) is 1.49. The Balaban J connectivity index is 3.32. The number of esters is 1. The minimum atomic E-state index is -0.388. The molecule has 0 N–H and O–H groups in total. The number of carbonyl (C=O) groups is 1. The highest BCUT2D eigenvalue weighted by Crippen LogP contribution is 2.32. The maximum Gasteiger partial charge on any atom is 0.308 e. The van der Waals surface area contributed by atoms with E-state index >= 15 is 0 Å². The minimum Gasteiger partial charge on any atom is -0.495 e. The topological polar surface area (TPSA) is 59.3 Å². The van der Waals surface area contributed by atoms with Crippen molar-refractivity contribution in [3.63, 3.8) is 0 Å². The van der Waals surface area contributed by atoms with E-state index in [0.717, 1.165) is 5.56 Å². The molecule has 4 heteroatoms. The van der Waals surface area contributed by atoms with Crippen molar-refractivity contribution in [1.29, 1.82) is 5.26 Å². The smallest absolute Gasteiger partial charge is 0.308 e. The maximum absolute atomic E-state index is 10.9. The zero-order valence-electron chi connectivity index (χ0n) is 9.53. The molecule has 4 nitrogen and oxygen atoms in total. The van der Waals surface area contributed by atoms with Crippen molar-refractivity contribution >= 4 is 5.97 Å². The summed E-state index contributed by atoms with van der Waals surface area (Å²) in [5.41, 5.74) is 1.17. The Bertz CT molecular complexity index is 446. The number of rotatable bonds is 3. The van der Waals surface area contributed by atoms with Crippen LogP contribution in [0.25, 0.3) is 0 Å². The molecule has 0 aliphatic heterocycles. The van der Waals surface area contributed by atoms with E-state index in [4.69, 9.17) is 14.7 Å². The summed E-state index contributed by atoms with van der Waals surface area (Å²) in [6, 6.07) is 5.23. The molecule has 0 bridgehead atoms. The van der Waals surface area contributed by atoms with Crippen LogP contribution in [0.15, 0.2) is 12.1 Å². The predicted octanol–water partition coefficient (Wildman–Crippen LogP) is 2.05. The van der Waals surface area contributed by atoms with Gasteiger partial charge in [-0.25, -0.2) is 0 Å². The first-order chi connectivity index (χ1) is 7.63. The molecule has 0 saturated heterocycles. The molecule has 0 aliphatic carbocycles. The van der Waals surface area contributed by atoms with E-state index in [-0.39, 0.29) is 5.97 Å². The molecular formula is C12H13NO3. The average Bonchev–Trinajstić information content (AvgIpc) is 2.27. The molecule has 1 rings (SSSR count). The molecule has 1 aromatic rings. The quantitative estimate of drug-likeness (QED) is 0.576. The SMILES string of the molecule is CCc1c(OC(C)=O)ccc(C#N)c1OC. The highest BCUT2D eigenvalue weighted by atomic mass is 16.5. The summed E-state index contributed by atoms with van der Waals surface area (Å²) in [5.74, 6) is 0.538. The van der Waals surface area contributed by atoms with Crippen LogP contribution >= 0.6 is 0 Å². The molecule has 0 aromatic heterocycles. The average molecular weight is 219 g/mol. The Hall–Kier alpha value is -2.02. The molecule has 0 atom stereocenters. The van der Waals surface area contributed by atoms with Crippen molar-refractivity contribution < 1.29 is 14.3 Å². The van der Waals surface area contributed by atoms with Gasteiger partial charge in [0, 0.05) is 12.5 Å². The van der Waals surface area contributed by atoms with Crippen LogP contribution in [0.5, 0.6) is 11.5 Å². The van der Waals surface area contributed by atoms with Crippen molar-refractivity contribution in [2.75, 3.05) is 7.11 Å². The fourth-order valence-corrected chi connectivity index (χ4v) is 1.52. The molecule has 0 amide bonds. The highest BCUT2D eigenvalue weighted by Gasteiger charge is 2.14. The van der Waals surface area contributed by atoms with Gasteiger partial charge in [0.25, 0.3) is 0 Å². The molecule has 0 spiro atoms. The fourth-order valence-electron chi connectivity index (χ4n) is 1.52. The van der Waals surface area contributed by atoms with E-state index in [1.807, 2.05) is 13.0 Å². The highest BCUT2D eigenvalue weighted by molar-refractivity contribution is 5.71. The van der Waals surface area contributed by atoms with E-state index in [1.165, 1.54) is 14.0 Å². The Morgan fingerprint density at radius 1 is 1.50 bits per heavy atom. The lowest BCUT2D eigenvalue weighted by atomic mass is 10.1. The number of carbonyl (C=O) groups excluding carboxylic acids is 1. The molecular weight excluding hydrogens is 206 g/mol. The lowest BCUT2D eigenvalue weighted by molar-refractivity contribution is -0.131. The molecule has 0 fully saturated rings. The van der Waals surface area contributed by atoms with E-state index in [9.17, 15) is 4.79 Å². The van der Waals surface area contributed by atoms with Gasteiger partial charge in [0.05, 0.1) is 12.7 Å². The van der Waals surface area contributed by atoms with Gasteiger partial charge in [0.2, 0.25) is 0 Å². The van der Waals surface area contributed by atoms with Crippen molar-refractivity contribution in [2.45, 2.75) is 20.3 Å². The number of hydrogen-bond donors (Lipinski definition) is 0. The first-order valence-corrected chi connectivity index (χ1v) is 4.92. The molecule has 0 saturated carbocycles. The third-order valence-electron chi connectivity index (χ3n) is 2.15. The van der Waals surface area contributed by atoms with Gasteiger partial charge >= 0.3 is 5.97 Å². The number of benzene rings is 1. The number of nitrogens with zero attached hydrogens (tertiary/aromatic N) is 1. The van der Waals surface area contributed by atoms with Crippen molar-refractivity contribution in [1.82, 2.24) is 0 Å². The van der Waals surface area contributed by atoms with Crippen LogP contribution in [0.3, 0.4) is 0 Å². The molecule has 1 aromatic carbocycles. The van der Waals surface area contributed by atoms with E-state index in [2.05, 4.69) is 0 Å². The second kappa shape index (κ2) is 5.17. The van der Waals surface area contributed by atoms with Crippen LogP contribution in [0, 0.1) is 11.3 Å². The van der Waals surface area contributed by atoms with Crippen LogP contribution in [0.1, 0.15) is 25.0 Å². The first kappa shape index (κ1) is 12.1. The normalized spacial score (nSPS) is 9.38. The Kier molecular flexibility index (Phi) is 3.90. The summed E-state index contributed by atoms with van der Waals surface area (Å²) < 4.78 is 10.2. The summed E-state index contributed by atoms with van der Waals surface area (Å²) in [6.45, 7) is 3.25. The van der Waals surface area contributed by atoms with Crippen molar-refractivity contribution in [3.05, 3.63) is 23.3 Å². The molecule has 0 aliphatic rings.